The van der Waals surface area contributed by atoms with E-state index < -0.39 is 0 Å². The zero-order valence-corrected chi connectivity index (χ0v) is 10.7. The molecule has 17 heavy (non-hydrogen) atoms. The zero-order valence-electron chi connectivity index (χ0n) is 9.89. The van der Waals surface area contributed by atoms with Crippen LogP contribution in [0.4, 0.5) is 0 Å². The van der Waals surface area contributed by atoms with Gasteiger partial charge in [0.25, 0.3) is 0 Å². The Morgan fingerprint density at radius 3 is 3.29 bits per heavy atom. The number of hydrogen-bond acceptors (Lipinski definition) is 4. The third-order valence-corrected chi connectivity index (χ3v) is 3.68. The van der Waals surface area contributed by atoms with Crippen molar-refractivity contribution in [2.45, 2.75) is 26.1 Å². The molecule has 2 heterocycles. The van der Waals surface area contributed by atoms with Crippen molar-refractivity contribution in [3.8, 4) is 0 Å². The standard InChI is InChI=1S/C12H16N2O2S/c1-3-12(15)14-5-4-10(6-14)16-7-11-13-9(2)8-17-11/h3,8,10H,1,4-7H2,2H3. The van der Waals surface area contributed by atoms with Gasteiger partial charge < -0.3 is 9.64 Å². The zero-order chi connectivity index (χ0) is 12.3. The SMILES string of the molecule is C=CC(=O)N1CCC(OCc2nc(C)cs2)C1. The van der Waals surface area contributed by atoms with E-state index in [0.717, 1.165) is 23.7 Å². The van der Waals surface area contributed by atoms with E-state index in [-0.39, 0.29) is 12.0 Å². The Labute approximate surface area is 105 Å². The van der Waals surface area contributed by atoms with Gasteiger partial charge in [0.2, 0.25) is 5.91 Å². The quantitative estimate of drug-likeness (QED) is 0.767. The number of nitrogens with zero attached hydrogens (tertiary/aromatic N) is 2. The van der Waals surface area contributed by atoms with Crippen LogP contribution in [0.2, 0.25) is 0 Å². The van der Waals surface area contributed by atoms with Crippen molar-refractivity contribution in [1.82, 2.24) is 9.88 Å². The average molecular weight is 252 g/mol. The van der Waals surface area contributed by atoms with Crippen LogP contribution >= 0.6 is 11.3 Å². The van der Waals surface area contributed by atoms with Crippen molar-refractivity contribution >= 4 is 17.2 Å². The molecule has 1 aromatic heterocycles. The molecule has 2 rings (SSSR count). The average Bonchev–Trinajstić information content (AvgIpc) is 2.94. The molecule has 1 atom stereocenters. The summed E-state index contributed by atoms with van der Waals surface area (Å²) in [5.41, 5.74) is 1.03. The highest BCUT2D eigenvalue weighted by Gasteiger charge is 2.25. The molecule has 1 aliphatic heterocycles. The van der Waals surface area contributed by atoms with Gasteiger partial charge >= 0.3 is 0 Å². The molecule has 1 aromatic rings. The molecule has 1 saturated heterocycles. The maximum absolute atomic E-state index is 11.4. The van der Waals surface area contributed by atoms with Gasteiger partial charge in [-0.3, -0.25) is 4.79 Å². The van der Waals surface area contributed by atoms with Gasteiger partial charge in [-0.2, -0.15) is 0 Å². The summed E-state index contributed by atoms with van der Waals surface area (Å²) in [6, 6.07) is 0. The van der Waals surface area contributed by atoms with E-state index in [1.807, 2.05) is 12.3 Å². The summed E-state index contributed by atoms with van der Waals surface area (Å²) in [5.74, 6) is -0.0128. The van der Waals surface area contributed by atoms with Gasteiger partial charge in [0, 0.05) is 24.2 Å². The van der Waals surface area contributed by atoms with E-state index in [1.165, 1.54) is 6.08 Å². The minimum absolute atomic E-state index is 0.0128. The Morgan fingerprint density at radius 1 is 1.82 bits per heavy atom. The third kappa shape index (κ3) is 3.14. The maximum atomic E-state index is 11.4. The summed E-state index contributed by atoms with van der Waals surface area (Å²) in [6.07, 6.45) is 2.37. The van der Waals surface area contributed by atoms with Gasteiger partial charge in [0.1, 0.15) is 5.01 Å². The number of carbonyl (C=O) groups is 1. The van der Waals surface area contributed by atoms with Crippen molar-refractivity contribution in [2.24, 2.45) is 0 Å². The normalized spacial score (nSPS) is 19.6. The lowest BCUT2D eigenvalue weighted by Crippen LogP contribution is -2.28. The van der Waals surface area contributed by atoms with Crippen molar-refractivity contribution in [1.29, 1.82) is 0 Å². The van der Waals surface area contributed by atoms with E-state index in [0.29, 0.717) is 13.2 Å². The highest BCUT2D eigenvalue weighted by molar-refractivity contribution is 7.09. The lowest BCUT2D eigenvalue weighted by molar-refractivity contribution is -0.125. The number of hydrogen-bond donors (Lipinski definition) is 0. The molecule has 1 aliphatic rings. The second-order valence-corrected chi connectivity index (χ2v) is 5.04. The number of amides is 1. The molecule has 4 nitrogen and oxygen atoms in total. The van der Waals surface area contributed by atoms with Gasteiger partial charge in [0.05, 0.1) is 12.7 Å². The summed E-state index contributed by atoms with van der Waals surface area (Å²) in [5, 5.41) is 3.01. The first-order chi connectivity index (χ1) is 8.19. The maximum Gasteiger partial charge on any atom is 0.246 e. The van der Waals surface area contributed by atoms with Crippen LogP contribution in [0.3, 0.4) is 0 Å². The van der Waals surface area contributed by atoms with E-state index in [2.05, 4.69) is 11.6 Å². The number of aromatic nitrogens is 1. The van der Waals surface area contributed by atoms with Gasteiger partial charge in [-0.05, 0) is 19.4 Å². The summed E-state index contributed by atoms with van der Waals surface area (Å²) in [6.45, 7) is 7.42. The second-order valence-electron chi connectivity index (χ2n) is 4.09. The molecule has 0 aromatic carbocycles. The number of ether oxygens (including phenoxy) is 1. The van der Waals surface area contributed by atoms with Gasteiger partial charge in [-0.25, -0.2) is 4.98 Å². The molecule has 1 unspecified atom stereocenters. The van der Waals surface area contributed by atoms with Crippen LogP contribution in [0, 0.1) is 6.92 Å². The van der Waals surface area contributed by atoms with Crippen LogP contribution in [-0.4, -0.2) is 35.0 Å². The first-order valence-electron chi connectivity index (χ1n) is 5.63. The largest absolute Gasteiger partial charge is 0.369 e. The Kier molecular flexibility index (Phi) is 3.91. The second kappa shape index (κ2) is 5.42. The van der Waals surface area contributed by atoms with Crippen molar-refractivity contribution in [3.05, 3.63) is 28.7 Å². The fraction of sp³-hybridized carbons (Fsp3) is 0.500. The van der Waals surface area contributed by atoms with Crippen LogP contribution in [0.5, 0.6) is 0 Å². The minimum Gasteiger partial charge on any atom is -0.369 e. The number of rotatable bonds is 4. The lowest BCUT2D eigenvalue weighted by Gasteiger charge is -2.14. The highest BCUT2D eigenvalue weighted by atomic mass is 32.1. The molecule has 0 radical (unpaired) electrons. The fourth-order valence-corrected chi connectivity index (χ4v) is 2.54. The summed E-state index contributed by atoms with van der Waals surface area (Å²) in [4.78, 5) is 17.5. The summed E-state index contributed by atoms with van der Waals surface area (Å²) < 4.78 is 5.75. The number of thiazole rings is 1. The van der Waals surface area contributed by atoms with Crippen molar-refractivity contribution in [3.63, 3.8) is 0 Å². The molecule has 0 aliphatic carbocycles. The Bertz CT molecular complexity index is 416. The molecular weight excluding hydrogens is 236 g/mol. The highest BCUT2D eigenvalue weighted by Crippen LogP contribution is 2.16. The van der Waals surface area contributed by atoms with Crippen molar-refractivity contribution in [2.75, 3.05) is 13.1 Å². The Hall–Kier alpha value is -1.20. The number of likely N-dealkylation sites (tertiary alicyclic amines) is 1. The van der Waals surface area contributed by atoms with E-state index in [4.69, 9.17) is 4.74 Å². The first kappa shape index (κ1) is 12.3. The van der Waals surface area contributed by atoms with Crippen molar-refractivity contribution < 1.29 is 9.53 Å². The molecule has 0 N–H and O–H groups in total. The molecule has 5 heteroatoms. The van der Waals surface area contributed by atoms with E-state index in [9.17, 15) is 4.79 Å². The molecule has 0 saturated carbocycles. The molecule has 1 amide bonds. The topological polar surface area (TPSA) is 42.4 Å². The summed E-state index contributed by atoms with van der Waals surface area (Å²) >= 11 is 1.61. The van der Waals surface area contributed by atoms with Gasteiger partial charge in [-0.15, -0.1) is 11.3 Å². The number of aryl methyl sites for hydroxylation is 1. The summed E-state index contributed by atoms with van der Waals surface area (Å²) in [7, 11) is 0. The van der Waals surface area contributed by atoms with Crippen LogP contribution in [-0.2, 0) is 16.1 Å². The molecular formula is C12H16N2O2S. The molecule has 0 bridgehead atoms. The van der Waals surface area contributed by atoms with E-state index in [1.54, 1.807) is 16.2 Å². The van der Waals surface area contributed by atoms with E-state index >= 15 is 0 Å². The van der Waals surface area contributed by atoms with Gasteiger partial charge in [-0.1, -0.05) is 6.58 Å². The predicted octanol–water partition coefficient (Wildman–Crippen LogP) is 1.76. The Balaban J connectivity index is 1.78. The molecule has 1 fully saturated rings. The smallest absolute Gasteiger partial charge is 0.246 e. The number of carbonyl (C=O) groups excluding carboxylic acids is 1. The van der Waals surface area contributed by atoms with Crippen LogP contribution in [0.15, 0.2) is 18.0 Å². The molecule has 0 spiro atoms. The van der Waals surface area contributed by atoms with Gasteiger partial charge in [0.15, 0.2) is 0 Å². The Morgan fingerprint density at radius 2 is 2.65 bits per heavy atom. The first-order valence-corrected chi connectivity index (χ1v) is 6.51. The predicted molar refractivity (Wildman–Crippen MR) is 66.8 cm³/mol. The van der Waals surface area contributed by atoms with Crippen LogP contribution in [0.25, 0.3) is 0 Å². The van der Waals surface area contributed by atoms with Crippen LogP contribution < -0.4 is 0 Å². The fourth-order valence-electron chi connectivity index (χ4n) is 1.85. The van der Waals surface area contributed by atoms with Crippen LogP contribution in [0.1, 0.15) is 17.1 Å². The third-order valence-electron chi connectivity index (χ3n) is 2.74. The molecule has 92 valence electrons. The monoisotopic (exact) mass is 252 g/mol. The lowest BCUT2D eigenvalue weighted by atomic mass is 10.3. The minimum atomic E-state index is -0.0128.